The summed E-state index contributed by atoms with van der Waals surface area (Å²) < 4.78 is 0. The Kier molecular flexibility index (Phi) is 3.76. The van der Waals surface area contributed by atoms with Crippen molar-refractivity contribution in [1.82, 2.24) is 0 Å². The van der Waals surface area contributed by atoms with E-state index in [2.05, 4.69) is 0 Å². The van der Waals surface area contributed by atoms with Crippen molar-refractivity contribution in [2.75, 3.05) is 0 Å². The Hall–Kier alpha value is -1.57. The van der Waals surface area contributed by atoms with Gasteiger partial charge in [-0.2, -0.15) is 0 Å². The standard InChI is InChI=1S/C11H12O2/c12-11(13)9-8-10-6-4-2-1-3-5-7-10/h1-7H,8-9H2,(H,12,13)/b2-1-,3-1?,4-2?,5-3-,6-4?,7-5?,10-6?,10-7?. The van der Waals surface area contributed by atoms with E-state index in [9.17, 15) is 4.79 Å². The van der Waals surface area contributed by atoms with Crippen LogP contribution in [0.25, 0.3) is 0 Å². The molecule has 0 fully saturated rings. The lowest BCUT2D eigenvalue weighted by Crippen LogP contribution is -1.94. The number of aliphatic carboxylic acids is 1. The molecule has 0 spiro atoms. The smallest absolute Gasteiger partial charge is 0.303 e. The lowest BCUT2D eigenvalue weighted by Gasteiger charge is -1.98. The van der Waals surface area contributed by atoms with Gasteiger partial charge < -0.3 is 5.11 Å². The number of hydrogen-bond donors (Lipinski definition) is 1. The summed E-state index contributed by atoms with van der Waals surface area (Å²) in [5, 5.41) is 8.49. The summed E-state index contributed by atoms with van der Waals surface area (Å²) >= 11 is 0. The highest BCUT2D eigenvalue weighted by Gasteiger charge is 1.98. The fourth-order valence-electron chi connectivity index (χ4n) is 1.02. The fraction of sp³-hybridized carbons (Fsp3) is 0.182. The van der Waals surface area contributed by atoms with Crippen LogP contribution in [0.3, 0.4) is 0 Å². The molecule has 0 aromatic heterocycles. The molecule has 0 bridgehead atoms. The molecule has 13 heavy (non-hydrogen) atoms. The molecule has 1 N–H and O–H groups in total. The van der Waals surface area contributed by atoms with Crippen molar-refractivity contribution < 1.29 is 9.90 Å². The van der Waals surface area contributed by atoms with Crippen LogP contribution in [0.15, 0.2) is 48.1 Å². The lowest BCUT2D eigenvalue weighted by molar-refractivity contribution is -0.136. The third kappa shape index (κ3) is 4.11. The van der Waals surface area contributed by atoms with Crippen LogP contribution in [0.4, 0.5) is 0 Å². The molecule has 2 heteroatoms. The van der Waals surface area contributed by atoms with Gasteiger partial charge in [0.15, 0.2) is 0 Å². The van der Waals surface area contributed by atoms with Crippen molar-refractivity contribution in [3.63, 3.8) is 0 Å². The second kappa shape index (κ2) is 5.14. The fourth-order valence-corrected chi connectivity index (χ4v) is 1.02. The second-order valence-corrected chi connectivity index (χ2v) is 2.76. The van der Waals surface area contributed by atoms with Gasteiger partial charge in [-0.15, -0.1) is 0 Å². The van der Waals surface area contributed by atoms with E-state index in [4.69, 9.17) is 5.11 Å². The van der Waals surface area contributed by atoms with E-state index >= 15 is 0 Å². The summed E-state index contributed by atoms with van der Waals surface area (Å²) in [4.78, 5) is 10.3. The number of hydrogen-bond acceptors (Lipinski definition) is 1. The Balaban J connectivity index is 2.53. The maximum absolute atomic E-state index is 10.3. The summed E-state index contributed by atoms with van der Waals surface area (Å²) in [6.07, 6.45) is 14.2. The van der Waals surface area contributed by atoms with Crippen LogP contribution in [0.1, 0.15) is 12.8 Å². The normalized spacial score (nSPS) is 19.8. The molecular weight excluding hydrogens is 164 g/mol. The molecule has 0 aromatic carbocycles. The van der Waals surface area contributed by atoms with Crippen LogP contribution in [0.5, 0.6) is 0 Å². The van der Waals surface area contributed by atoms with E-state index in [1.807, 2.05) is 42.5 Å². The predicted molar refractivity (Wildman–Crippen MR) is 52.4 cm³/mol. The number of carboxylic acid groups (broad SMARTS) is 1. The minimum Gasteiger partial charge on any atom is -0.481 e. The van der Waals surface area contributed by atoms with Gasteiger partial charge in [-0.3, -0.25) is 4.79 Å². The van der Waals surface area contributed by atoms with E-state index < -0.39 is 5.97 Å². The Morgan fingerprint density at radius 2 is 1.85 bits per heavy atom. The van der Waals surface area contributed by atoms with Gasteiger partial charge in [0.25, 0.3) is 0 Å². The number of carbonyl (C=O) groups is 1. The van der Waals surface area contributed by atoms with Crippen LogP contribution in [-0.4, -0.2) is 11.1 Å². The summed E-state index contributed by atoms with van der Waals surface area (Å²) in [5.41, 5.74) is 1.04. The molecule has 0 aliphatic heterocycles. The van der Waals surface area contributed by atoms with Crippen LogP contribution in [-0.2, 0) is 4.79 Å². The molecular formula is C11H12O2. The molecule has 0 atom stereocenters. The van der Waals surface area contributed by atoms with E-state index in [0.29, 0.717) is 6.42 Å². The number of allylic oxidation sites excluding steroid dienone is 8. The van der Waals surface area contributed by atoms with Crippen LogP contribution in [0, 0.1) is 0 Å². The zero-order valence-electron chi connectivity index (χ0n) is 7.31. The van der Waals surface area contributed by atoms with Gasteiger partial charge >= 0.3 is 5.97 Å². The monoisotopic (exact) mass is 176 g/mol. The largest absolute Gasteiger partial charge is 0.481 e. The summed E-state index contributed by atoms with van der Waals surface area (Å²) in [6, 6.07) is 0. The second-order valence-electron chi connectivity index (χ2n) is 2.76. The van der Waals surface area contributed by atoms with Crippen molar-refractivity contribution in [2.24, 2.45) is 0 Å². The zero-order valence-corrected chi connectivity index (χ0v) is 7.31. The first kappa shape index (κ1) is 9.52. The number of rotatable bonds is 3. The Labute approximate surface area is 77.6 Å². The van der Waals surface area contributed by atoms with Crippen molar-refractivity contribution in [2.45, 2.75) is 12.8 Å². The van der Waals surface area contributed by atoms with E-state index in [0.717, 1.165) is 5.57 Å². The molecule has 0 saturated carbocycles. The molecule has 2 nitrogen and oxygen atoms in total. The average Bonchev–Trinajstić information content (AvgIpc) is 2.01. The molecule has 1 aliphatic carbocycles. The Bertz CT molecular complexity index is 293. The van der Waals surface area contributed by atoms with Crippen LogP contribution in [0.2, 0.25) is 0 Å². The van der Waals surface area contributed by atoms with Crippen LogP contribution < -0.4 is 0 Å². The molecule has 0 saturated heterocycles. The summed E-state index contributed by atoms with van der Waals surface area (Å²) in [7, 11) is 0. The lowest BCUT2D eigenvalue weighted by atomic mass is 10.1. The molecule has 0 aromatic rings. The molecule has 0 unspecified atom stereocenters. The third-order valence-corrected chi connectivity index (χ3v) is 1.69. The van der Waals surface area contributed by atoms with Gasteiger partial charge in [-0.05, 0) is 12.0 Å². The molecule has 0 heterocycles. The minimum atomic E-state index is -0.754. The van der Waals surface area contributed by atoms with Gasteiger partial charge in [0.05, 0.1) is 0 Å². The highest BCUT2D eigenvalue weighted by Crippen LogP contribution is 2.08. The highest BCUT2D eigenvalue weighted by atomic mass is 16.4. The molecule has 1 rings (SSSR count). The average molecular weight is 176 g/mol. The van der Waals surface area contributed by atoms with Crippen molar-refractivity contribution in [3.05, 3.63) is 48.1 Å². The summed E-state index contributed by atoms with van der Waals surface area (Å²) in [6.45, 7) is 0. The van der Waals surface area contributed by atoms with Crippen molar-refractivity contribution >= 4 is 5.97 Å². The number of carboxylic acids is 1. The first-order valence-electron chi connectivity index (χ1n) is 4.21. The maximum Gasteiger partial charge on any atom is 0.303 e. The minimum absolute atomic E-state index is 0.188. The van der Waals surface area contributed by atoms with E-state index in [1.54, 1.807) is 0 Å². The van der Waals surface area contributed by atoms with E-state index in [1.165, 1.54) is 0 Å². The maximum atomic E-state index is 10.3. The van der Waals surface area contributed by atoms with Gasteiger partial charge in [-0.1, -0.05) is 42.5 Å². The van der Waals surface area contributed by atoms with Gasteiger partial charge in [-0.25, -0.2) is 0 Å². The molecule has 68 valence electrons. The molecule has 0 amide bonds. The Morgan fingerprint density at radius 1 is 1.15 bits per heavy atom. The van der Waals surface area contributed by atoms with Gasteiger partial charge in [0.1, 0.15) is 0 Å². The van der Waals surface area contributed by atoms with Crippen molar-refractivity contribution in [3.8, 4) is 0 Å². The topological polar surface area (TPSA) is 37.3 Å². The SMILES string of the molecule is O=C(O)CCC1=C/C=C\C=C/C=C1. The third-order valence-electron chi connectivity index (χ3n) is 1.69. The Morgan fingerprint density at radius 3 is 2.62 bits per heavy atom. The quantitative estimate of drug-likeness (QED) is 0.717. The summed E-state index contributed by atoms with van der Waals surface area (Å²) in [5.74, 6) is -0.754. The predicted octanol–water partition coefficient (Wildman–Crippen LogP) is 2.46. The van der Waals surface area contributed by atoms with Gasteiger partial charge in [0.2, 0.25) is 0 Å². The first-order chi connectivity index (χ1) is 6.29. The zero-order chi connectivity index (χ0) is 9.52. The van der Waals surface area contributed by atoms with Gasteiger partial charge in [0, 0.05) is 6.42 Å². The molecule has 0 radical (unpaired) electrons. The van der Waals surface area contributed by atoms with E-state index in [-0.39, 0.29) is 6.42 Å². The van der Waals surface area contributed by atoms with Crippen LogP contribution >= 0.6 is 0 Å². The highest BCUT2D eigenvalue weighted by molar-refractivity contribution is 5.67. The first-order valence-corrected chi connectivity index (χ1v) is 4.21. The van der Waals surface area contributed by atoms with Crippen molar-refractivity contribution in [1.29, 1.82) is 0 Å². The molecule has 1 aliphatic rings.